The molecule has 0 aliphatic carbocycles. The van der Waals surface area contributed by atoms with Crippen LogP contribution in [0.5, 0.6) is 0 Å². The van der Waals surface area contributed by atoms with Crippen molar-refractivity contribution >= 4 is 21.9 Å². The van der Waals surface area contributed by atoms with E-state index in [1.54, 1.807) is 30.5 Å². The van der Waals surface area contributed by atoms with Gasteiger partial charge in [0.25, 0.3) is 0 Å². The minimum absolute atomic E-state index is 0. The van der Waals surface area contributed by atoms with E-state index in [1.165, 1.54) is 5.56 Å². The second kappa shape index (κ2) is 12.5. The molecule has 4 aromatic carbocycles. The molecule has 3 heterocycles. The van der Waals surface area contributed by atoms with Gasteiger partial charge < -0.3 is 14.4 Å². The van der Waals surface area contributed by atoms with Crippen LogP contribution in [0, 0.1) is 30.4 Å². The molecule has 0 atom stereocenters. The predicted octanol–water partition coefficient (Wildman–Crippen LogP) is 8.84. The van der Waals surface area contributed by atoms with Gasteiger partial charge in [0.2, 0.25) is 0 Å². The molecule has 199 valence electrons. The largest absolute Gasteiger partial charge is 0.500 e. The van der Waals surface area contributed by atoms with Crippen molar-refractivity contribution in [3.8, 4) is 39.7 Å². The summed E-state index contributed by atoms with van der Waals surface area (Å²) in [5, 5.41) is 11.2. The number of nitriles is 1. The Kier molecular flexibility index (Phi) is 6.69. The van der Waals surface area contributed by atoms with Gasteiger partial charge in [-0.15, -0.1) is 54.1 Å². The summed E-state index contributed by atoms with van der Waals surface area (Å²) in [6, 6.07) is 30.4. The first-order chi connectivity index (χ1) is 21.8. The van der Waals surface area contributed by atoms with Gasteiger partial charge >= 0.3 is 0 Å². The number of fused-ring (bicyclic) bond motifs is 3. The Hall–Kier alpha value is -4.88. The molecule has 7 rings (SSSR count). The van der Waals surface area contributed by atoms with Crippen LogP contribution >= 0.6 is 0 Å². The van der Waals surface area contributed by atoms with Gasteiger partial charge in [-0.25, -0.2) is 0 Å². The normalized spacial score (nSPS) is 12.0. The van der Waals surface area contributed by atoms with Crippen LogP contribution in [-0.2, 0) is 20.1 Å². The summed E-state index contributed by atoms with van der Waals surface area (Å²) in [6.45, 7) is 2.03. The molecular formula is C36H23IrN3O-2. The standard InChI is InChI=1S/C24H13N2O.C12H10N.Ir/c25-15-17-12-13-19-18-9-6-10-20(21-11-4-5-14-26-21)23(18)27-24(19)22(17)16-7-2-1-3-8-16;1-10-7-8-12(13-9-10)11-5-3-2-4-6-11;/h1-9,11-14H;2-5,7-9H,1H3;/q2*-1;/i1D,2D,3D,7D,8D;;. The summed E-state index contributed by atoms with van der Waals surface area (Å²) < 4.78 is 47.0. The first kappa shape index (κ1) is 21.9. The summed E-state index contributed by atoms with van der Waals surface area (Å²) in [4.78, 5) is 8.69. The van der Waals surface area contributed by atoms with Crippen LogP contribution in [0.2, 0.25) is 0 Å². The van der Waals surface area contributed by atoms with Crippen LogP contribution in [0.1, 0.15) is 18.0 Å². The summed E-state index contributed by atoms with van der Waals surface area (Å²) >= 11 is 0. The van der Waals surface area contributed by atoms with Crippen LogP contribution in [-0.4, -0.2) is 9.97 Å². The van der Waals surface area contributed by atoms with Gasteiger partial charge in [-0.1, -0.05) is 71.5 Å². The van der Waals surface area contributed by atoms with E-state index in [0.717, 1.165) is 16.6 Å². The fraction of sp³-hybridized carbons (Fsp3) is 0.0278. The zero-order valence-corrected chi connectivity index (χ0v) is 24.1. The second-order valence-electron chi connectivity index (χ2n) is 8.89. The maximum Gasteiger partial charge on any atom is 0.130 e. The number of aryl methyl sites for hydroxylation is 1. The molecule has 0 saturated heterocycles. The average molecular weight is 711 g/mol. The number of aromatic nitrogens is 2. The molecule has 0 fully saturated rings. The van der Waals surface area contributed by atoms with Gasteiger partial charge in [0.15, 0.2) is 0 Å². The Morgan fingerprint density at radius 3 is 2.34 bits per heavy atom. The molecule has 0 bridgehead atoms. The van der Waals surface area contributed by atoms with Crippen molar-refractivity contribution in [2.24, 2.45) is 0 Å². The third-order valence-electron chi connectivity index (χ3n) is 6.29. The minimum atomic E-state index is -0.494. The first-order valence-electron chi connectivity index (χ1n) is 15.0. The van der Waals surface area contributed by atoms with E-state index in [9.17, 15) is 5.26 Å². The van der Waals surface area contributed by atoms with Gasteiger partial charge in [-0.05, 0) is 41.6 Å². The van der Waals surface area contributed by atoms with Gasteiger partial charge in [0.05, 0.1) is 24.1 Å². The van der Waals surface area contributed by atoms with Gasteiger partial charge in [-0.2, -0.15) is 5.26 Å². The first-order valence-corrected chi connectivity index (χ1v) is 12.5. The SMILES string of the molecule is Cc1ccc(-c2[c-]cccc2)nc1.[2H]c1c([2H])c([2H])c(-c2c(C#N)ccc3c2oc2c(-c4ccccn4)[c-]ccc23)c([2H])c1[2H].[Ir]. The van der Waals surface area contributed by atoms with E-state index in [-0.39, 0.29) is 42.4 Å². The topological polar surface area (TPSA) is 62.7 Å². The molecule has 4 nitrogen and oxygen atoms in total. The van der Waals surface area contributed by atoms with Crippen molar-refractivity contribution in [3.63, 3.8) is 0 Å². The van der Waals surface area contributed by atoms with Crippen molar-refractivity contribution in [3.05, 3.63) is 145 Å². The molecule has 41 heavy (non-hydrogen) atoms. The van der Waals surface area contributed by atoms with E-state index in [0.29, 0.717) is 22.2 Å². The molecule has 1 radical (unpaired) electrons. The van der Waals surface area contributed by atoms with Crippen molar-refractivity contribution < 1.29 is 31.4 Å². The summed E-state index contributed by atoms with van der Waals surface area (Å²) in [5.74, 6) is 0. The number of benzene rings is 4. The third kappa shape index (κ3) is 5.71. The zero-order chi connectivity index (χ0) is 31.7. The Labute approximate surface area is 259 Å². The quantitative estimate of drug-likeness (QED) is 0.172. The Bertz CT molecular complexity index is 2200. The van der Waals surface area contributed by atoms with Gasteiger partial charge in [0, 0.05) is 43.4 Å². The van der Waals surface area contributed by atoms with E-state index < -0.39 is 30.2 Å². The molecule has 0 aliphatic heterocycles. The molecule has 7 aromatic rings. The molecule has 0 unspecified atom stereocenters. The van der Waals surface area contributed by atoms with Crippen LogP contribution in [0.3, 0.4) is 0 Å². The molecule has 0 spiro atoms. The van der Waals surface area contributed by atoms with Crippen LogP contribution in [0.4, 0.5) is 0 Å². The third-order valence-corrected chi connectivity index (χ3v) is 6.29. The van der Waals surface area contributed by atoms with Crippen molar-refractivity contribution in [1.82, 2.24) is 9.97 Å². The Balaban J connectivity index is 0.000000250. The molecule has 0 saturated carbocycles. The maximum absolute atomic E-state index is 9.76. The zero-order valence-electron chi connectivity index (χ0n) is 26.7. The second-order valence-corrected chi connectivity index (χ2v) is 8.89. The van der Waals surface area contributed by atoms with Crippen LogP contribution in [0.15, 0.2) is 126 Å². The summed E-state index contributed by atoms with van der Waals surface area (Å²) in [5.41, 5.74) is 5.50. The molecule has 0 N–H and O–H groups in total. The maximum atomic E-state index is 9.76. The van der Waals surface area contributed by atoms with Gasteiger partial charge in [-0.3, -0.25) is 0 Å². The molecule has 5 heteroatoms. The minimum Gasteiger partial charge on any atom is -0.500 e. The van der Waals surface area contributed by atoms with E-state index in [1.807, 2.05) is 61.7 Å². The molecule has 0 amide bonds. The number of nitrogens with zero attached hydrogens (tertiary/aromatic N) is 3. The fourth-order valence-electron chi connectivity index (χ4n) is 4.40. The summed E-state index contributed by atoms with van der Waals surface area (Å²) in [6.07, 6.45) is 3.53. The number of pyridine rings is 2. The van der Waals surface area contributed by atoms with E-state index in [2.05, 4.69) is 34.2 Å². The molecule has 0 aliphatic rings. The Morgan fingerprint density at radius 1 is 0.805 bits per heavy atom. The Morgan fingerprint density at radius 2 is 1.63 bits per heavy atom. The summed E-state index contributed by atoms with van der Waals surface area (Å²) in [7, 11) is 0. The van der Waals surface area contributed by atoms with Crippen molar-refractivity contribution in [1.29, 1.82) is 5.26 Å². The molecular weight excluding hydrogens is 683 g/mol. The van der Waals surface area contributed by atoms with E-state index in [4.69, 9.17) is 11.3 Å². The number of hydrogen-bond donors (Lipinski definition) is 0. The smallest absolute Gasteiger partial charge is 0.130 e. The number of rotatable bonds is 3. The monoisotopic (exact) mass is 711 g/mol. The predicted molar refractivity (Wildman–Crippen MR) is 159 cm³/mol. The fourth-order valence-corrected chi connectivity index (χ4v) is 4.40. The average Bonchev–Trinajstić information content (AvgIpc) is 3.47. The molecule has 3 aromatic heterocycles. The van der Waals surface area contributed by atoms with Gasteiger partial charge in [0.1, 0.15) is 5.58 Å². The van der Waals surface area contributed by atoms with Crippen LogP contribution in [0.25, 0.3) is 55.6 Å². The van der Waals surface area contributed by atoms with Crippen molar-refractivity contribution in [2.75, 3.05) is 0 Å². The van der Waals surface area contributed by atoms with Crippen molar-refractivity contribution in [2.45, 2.75) is 6.92 Å². The van der Waals surface area contributed by atoms with Crippen LogP contribution < -0.4 is 0 Å². The van der Waals surface area contributed by atoms with E-state index >= 15 is 0 Å². The number of furan rings is 1. The number of hydrogen-bond acceptors (Lipinski definition) is 4.